The lowest BCUT2D eigenvalue weighted by Crippen LogP contribution is -2.51. The van der Waals surface area contributed by atoms with Gasteiger partial charge in [-0.1, -0.05) is 12.1 Å². The van der Waals surface area contributed by atoms with Crippen molar-refractivity contribution in [1.29, 1.82) is 0 Å². The summed E-state index contributed by atoms with van der Waals surface area (Å²) in [4.78, 5) is 7.08. The lowest BCUT2D eigenvalue weighted by Gasteiger charge is -2.34. The number of hydrogen-bond acceptors (Lipinski definition) is 4. The van der Waals surface area contributed by atoms with Crippen molar-refractivity contribution >= 4 is 35.6 Å². The van der Waals surface area contributed by atoms with Crippen LogP contribution in [0.5, 0.6) is 0 Å². The minimum Gasteiger partial charge on any atom is -0.375 e. The molecule has 1 aromatic heterocycles. The lowest BCUT2D eigenvalue weighted by molar-refractivity contribution is 0.111. The largest absolute Gasteiger partial charge is 0.375 e. The van der Waals surface area contributed by atoms with Crippen LogP contribution >= 0.6 is 24.0 Å². The highest BCUT2D eigenvalue weighted by Crippen LogP contribution is 2.20. The van der Waals surface area contributed by atoms with Crippen molar-refractivity contribution in [1.82, 2.24) is 20.4 Å². The standard InChI is InChI=1S/C21H31FN6O.HI/c1-4-23-21(24-13-20(29-3)16-7-9-17(22)10-8-16)26-18-6-5-11-28(14-18)19-12-25-27(2)15-19;/h7-10,12,15,18,20H,4-6,11,13-14H2,1-3H3,(H2,23,24,26);1H. The molecule has 3 rings (SSSR count). The van der Waals surface area contributed by atoms with E-state index >= 15 is 0 Å². The van der Waals surface area contributed by atoms with Gasteiger partial charge in [-0.05, 0) is 37.5 Å². The molecule has 2 unspecified atom stereocenters. The summed E-state index contributed by atoms with van der Waals surface area (Å²) in [5.41, 5.74) is 2.06. The van der Waals surface area contributed by atoms with E-state index in [1.165, 1.54) is 12.1 Å². The Morgan fingerprint density at radius 3 is 2.77 bits per heavy atom. The minimum atomic E-state index is -0.252. The highest BCUT2D eigenvalue weighted by atomic mass is 127. The maximum atomic E-state index is 13.2. The Balaban J connectivity index is 0.00000320. The zero-order valence-electron chi connectivity index (χ0n) is 17.8. The van der Waals surface area contributed by atoms with Gasteiger partial charge in [0, 0.05) is 46.0 Å². The van der Waals surface area contributed by atoms with Gasteiger partial charge < -0.3 is 20.3 Å². The van der Waals surface area contributed by atoms with Gasteiger partial charge in [-0.3, -0.25) is 9.67 Å². The molecule has 166 valence electrons. The number of hydrogen-bond donors (Lipinski definition) is 2. The molecule has 1 saturated heterocycles. The molecular weight excluding hydrogens is 498 g/mol. The fraction of sp³-hybridized carbons (Fsp3) is 0.524. The van der Waals surface area contributed by atoms with Crippen LogP contribution < -0.4 is 15.5 Å². The summed E-state index contributed by atoms with van der Waals surface area (Å²) >= 11 is 0. The molecule has 1 aliphatic rings. The van der Waals surface area contributed by atoms with Crippen LogP contribution in [0.3, 0.4) is 0 Å². The van der Waals surface area contributed by atoms with Gasteiger partial charge in [-0.15, -0.1) is 24.0 Å². The summed E-state index contributed by atoms with van der Waals surface area (Å²) in [5, 5.41) is 11.2. The minimum absolute atomic E-state index is 0. The molecule has 0 spiro atoms. The molecule has 0 amide bonds. The highest BCUT2D eigenvalue weighted by Gasteiger charge is 2.22. The first-order valence-electron chi connectivity index (χ1n) is 10.2. The average molecular weight is 530 g/mol. The van der Waals surface area contributed by atoms with E-state index in [-0.39, 0.29) is 35.9 Å². The normalized spacial score (nSPS) is 17.9. The van der Waals surface area contributed by atoms with Crippen LogP contribution in [0.1, 0.15) is 31.4 Å². The Morgan fingerprint density at radius 1 is 1.37 bits per heavy atom. The first-order valence-corrected chi connectivity index (χ1v) is 10.2. The fourth-order valence-corrected chi connectivity index (χ4v) is 3.58. The van der Waals surface area contributed by atoms with Crippen LogP contribution in [-0.4, -0.2) is 55.1 Å². The Hall–Kier alpha value is -1.88. The van der Waals surface area contributed by atoms with Gasteiger partial charge in [-0.2, -0.15) is 5.10 Å². The molecule has 2 N–H and O–H groups in total. The topological polar surface area (TPSA) is 66.7 Å². The number of nitrogens with zero attached hydrogens (tertiary/aromatic N) is 4. The molecule has 0 radical (unpaired) electrons. The Bertz CT molecular complexity index is 797. The summed E-state index contributed by atoms with van der Waals surface area (Å²) in [6.45, 7) is 5.22. The van der Waals surface area contributed by atoms with Gasteiger partial charge in [0.05, 0.1) is 18.4 Å². The van der Waals surface area contributed by atoms with E-state index in [1.807, 2.05) is 31.0 Å². The van der Waals surface area contributed by atoms with Gasteiger partial charge in [0.2, 0.25) is 0 Å². The summed E-state index contributed by atoms with van der Waals surface area (Å²) in [5.74, 6) is 0.521. The highest BCUT2D eigenvalue weighted by molar-refractivity contribution is 14.0. The number of benzene rings is 1. The van der Waals surface area contributed by atoms with E-state index in [1.54, 1.807) is 19.2 Å². The monoisotopic (exact) mass is 530 g/mol. The van der Waals surface area contributed by atoms with Crippen molar-refractivity contribution in [2.45, 2.75) is 31.9 Å². The number of methoxy groups -OCH3 is 1. The van der Waals surface area contributed by atoms with Crippen molar-refractivity contribution in [2.75, 3.05) is 38.2 Å². The van der Waals surface area contributed by atoms with E-state index in [0.717, 1.165) is 49.7 Å². The average Bonchev–Trinajstić information content (AvgIpc) is 3.16. The Labute approximate surface area is 195 Å². The second kappa shape index (κ2) is 12.1. The predicted molar refractivity (Wildman–Crippen MR) is 129 cm³/mol. The summed E-state index contributed by atoms with van der Waals surface area (Å²) in [7, 11) is 3.59. The van der Waals surface area contributed by atoms with E-state index < -0.39 is 0 Å². The molecule has 2 heterocycles. The third-order valence-corrected chi connectivity index (χ3v) is 5.10. The molecule has 2 atom stereocenters. The molecule has 0 bridgehead atoms. The van der Waals surface area contributed by atoms with Crippen molar-refractivity contribution in [3.63, 3.8) is 0 Å². The molecule has 0 aliphatic carbocycles. The second-order valence-electron chi connectivity index (χ2n) is 7.30. The molecule has 9 heteroatoms. The first-order chi connectivity index (χ1) is 14.1. The molecule has 0 saturated carbocycles. The second-order valence-corrected chi connectivity index (χ2v) is 7.30. The Morgan fingerprint density at radius 2 is 2.13 bits per heavy atom. The van der Waals surface area contributed by atoms with Crippen LogP contribution in [0.2, 0.25) is 0 Å². The summed E-state index contributed by atoms with van der Waals surface area (Å²) in [6.07, 6.45) is 5.94. The van der Waals surface area contributed by atoms with E-state index in [9.17, 15) is 4.39 Å². The quantitative estimate of drug-likeness (QED) is 0.327. The number of piperidine rings is 1. The van der Waals surface area contributed by atoms with Gasteiger partial charge in [0.1, 0.15) is 11.9 Å². The van der Waals surface area contributed by atoms with Crippen LogP contribution in [0.15, 0.2) is 41.7 Å². The summed E-state index contributed by atoms with van der Waals surface area (Å²) < 4.78 is 20.6. The maximum Gasteiger partial charge on any atom is 0.191 e. The van der Waals surface area contributed by atoms with Crippen LogP contribution in [-0.2, 0) is 11.8 Å². The zero-order chi connectivity index (χ0) is 20.6. The number of nitrogens with one attached hydrogen (secondary N) is 2. The zero-order valence-corrected chi connectivity index (χ0v) is 20.2. The molecular formula is C21H32FIN6O. The van der Waals surface area contributed by atoms with Gasteiger partial charge in [-0.25, -0.2) is 4.39 Å². The first kappa shape index (κ1) is 24.4. The maximum absolute atomic E-state index is 13.2. The van der Waals surface area contributed by atoms with Crippen molar-refractivity contribution < 1.29 is 9.13 Å². The van der Waals surface area contributed by atoms with E-state index in [4.69, 9.17) is 9.73 Å². The van der Waals surface area contributed by atoms with Gasteiger partial charge >= 0.3 is 0 Å². The number of rotatable bonds is 7. The van der Waals surface area contributed by atoms with E-state index in [2.05, 4.69) is 20.6 Å². The predicted octanol–water partition coefficient (Wildman–Crippen LogP) is 3.09. The van der Waals surface area contributed by atoms with Gasteiger partial charge in [0.15, 0.2) is 5.96 Å². The summed E-state index contributed by atoms with van der Waals surface area (Å²) in [6, 6.07) is 6.68. The van der Waals surface area contributed by atoms with Gasteiger partial charge in [0.25, 0.3) is 0 Å². The molecule has 2 aromatic rings. The molecule has 30 heavy (non-hydrogen) atoms. The van der Waals surface area contributed by atoms with Crippen LogP contribution in [0.25, 0.3) is 0 Å². The molecule has 7 nitrogen and oxygen atoms in total. The third kappa shape index (κ3) is 6.83. The number of guanidine groups is 1. The number of aryl methyl sites for hydroxylation is 1. The van der Waals surface area contributed by atoms with Crippen molar-refractivity contribution in [2.24, 2.45) is 12.0 Å². The number of halogens is 2. The fourth-order valence-electron chi connectivity index (χ4n) is 3.58. The third-order valence-electron chi connectivity index (χ3n) is 5.10. The number of aliphatic imine (C=N–C) groups is 1. The SMILES string of the molecule is CCNC(=NCC(OC)c1ccc(F)cc1)NC1CCCN(c2cnn(C)c2)C1.I. The molecule has 1 aliphatic heterocycles. The molecule has 1 aromatic carbocycles. The van der Waals surface area contributed by atoms with E-state index in [0.29, 0.717) is 12.6 Å². The lowest BCUT2D eigenvalue weighted by atomic mass is 10.1. The number of ether oxygens (including phenoxy) is 1. The van der Waals surface area contributed by atoms with Crippen molar-refractivity contribution in [3.05, 3.63) is 48.0 Å². The van der Waals surface area contributed by atoms with Crippen molar-refractivity contribution in [3.8, 4) is 0 Å². The van der Waals surface area contributed by atoms with Crippen LogP contribution in [0, 0.1) is 5.82 Å². The number of anilines is 1. The smallest absolute Gasteiger partial charge is 0.191 e. The number of aromatic nitrogens is 2. The Kier molecular flexibility index (Phi) is 9.83. The molecule has 1 fully saturated rings. The van der Waals surface area contributed by atoms with Crippen LogP contribution in [0.4, 0.5) is 10.1 Å².